The molecule has 3 rings (SSSR count). The van der Waals surface area contributed by atoms with Gasteiger partial charge in [0.1, 0.15) is 5.82 Å². The number of rotatable bonds is 3. The Morgan fingerprint density at radius 1 is 0.950 bits per heavy atom. The van der Waals surface area contributed by atoms with Gasteiger partial charge in [0.05, 0.1) is 5.69 Å². The fourth-order valence-corrected chi connectivity index (χ4v) is 3.20. The van der Waals surface area contributed by atoms with Crippen molar-refractivity contribution in [3.05, 3.63) is 65.2 Å². The third-order valence-corrected chi connectivity index (χ3v) is 4.29. The summed E-state index contributed by atoms with van der Waals surface area (Å²) < 4.78 is 0. The lowest BCUT2D eigenvalue weighted by Gasteiger charge is -2.04. The summed E-state index contributed by atoms with van der Waals surface area (Å²) in [4.78, 5) is 6.43. The van der Waals surface area contributed by atoms with Crippen LogP contribution < -0.4 is 11.5 Å². The van der Waals surface area contributed by atoms with Crippen molar-refractivity contribution in [1.82, 2.24) is 4.98 Å². The molecule has 1 aromatic carbocycles. The lowest BCUT2D eigenvalue weighted by molar-refractivity contribution is 1.24. The minimum Gasteiger partial charge on any atom is -0.395 e. The van der Waals surface area contributed by atoms with Gasteiger partial charge in [0, 0.05) is 27.9 Å². The molecule has 0 atom stereocenters. The maximum Gasteiger partial charge on any atom is 0.147 e. The maximum absolute atomic E-state index is 6.00. The summed E-state index contributed by atoms with van der Waals surface area (Å²) in [5.41, 5.74) is 14.6. The summed E-state index contributed by atoms with van der Waals surface area (Å²) >= 11 is 1.74. The molecule has 3 nitrogen and oxygen atoms in total. The minimum atomic E-state index is 0.389. The smallest absolute Gasteiger partial charge is 0.147 e. The van der Waals surface area contributed by atoms with Gasteiger partial charge in [-0.2, -0.15) is 0 Å². The Balaban J connectivity index is 1.89. The number of thiophene rings is 1. The number of pyridine rings is 1. The molecule has 20 heavy (non-hydrogen) atoms. The zero-order valence-electron chi connectivity index (χ0n) is 10.9. The fourth-order valence-electron chi connectivity index (χ4n) is 2.12. The monoisotopic (exact) mass is 281 g/mol. The van der Waals surface area contributed by atoms with Crippen molar-refractivity contribution in [3.63, 3.8) is 0 Å². The quantitative estimate of drug-likeness (QED) is 0.771. The highest BCUT2D eigenvalue weighted by molar-refractivity contribution is 7.15. The van der Waals surface area contributed by atoms with Crippen LogP contribution in [-0.2, 0) is 6.42 Å². The average Bonchev–Trinajstić information content (AvgIpc) is 2.91. The van der Waals surface area contributed by atoms with Gasteiger partial charge in [-0.15, -0.1) is 11.3 Å². The number of nitrogen functional groups attached to an aromatic ring is 2. The number of anilines is 2. The molecule has 3 aromatic rings. The molecular formula is C16H15N3S. The number of nitrogens with two attached hydrogens (primary N) is 2. The number of hydrogen-bond acceptors (Lipinski definition) is 4. The van der Waals surface area contributed by atoms with E-state index in [1.165, 1.54) is 10.4 Å². The van der Waals surface area contributed by atoms with Crippen LogP contribution in [0.3, 0.4) is 0 Å². The molecule has 0 aliphatic heterocycles. The van der Waals surface area contributed by atoms with Crippen molar-refractivity contribution in [1.29, 1.82) is 0 Å². The predicted molar refractivity (Wildman–Crippen MR) is 85.6 cm³/mol. The molecule has 0 spiro atoms. The van der Waals surface area contributed by atoms with Gasteiger partial charge in [-0.05, 0) is 23.8 Å². The minimum absolute atomic E-state index is 0.389. The number of hydrogen-bond donors (Lipinski definition) is 2. The van der Waals surface area contributed by atoms with Gasteiger partial charge in [-0.1, -0.05) is 30.3 Å². The van der Waals surface area contributed by atoms with Crippen molar-refractivity contribution in [3.8, 4) is 10.4 Å². The number of nitrogens with zero attached hydrogens (tertiary/aromatic N) is 1. The Hall–Kier alpha value is -2.33. The first kappa shape index (κ1) is 12.7. The maximum atomic E-state index is 6.00. The second-order valence-corrected chi connectivity index (χ2v) is 5.75. The molecule has 0 saturated heterocycles. The molecule has 0 unspecified atom stereocenters. The standard InChI is InChI=1S/C16H15N3S/c17-15-13(8-9-19-16(15)18)14-7-6-12(20-14)10-11-4-2-1-3-5-11/h1-9H,10,17H2,(H2,18,19). The molecule has 0 aliphatic rings. The molecule has 0 aliphatic carbocycles. The molecule has 0 bridgehead atoms. The van der Waals surface area contributed by atoms with Crippen LogP contribution in [0.1, 0.15) is 10.4 Å². The second-order valence-electron chi connectivity index (χ2n) is 4.59. The van der Waals surface area contributed by atoms with Crippen molar-refractivity contribution < 1.29 is 0 Å². The van der Waals surface area contributed by atoms with Crippen LogP contribution in [0.2, 0.25) is 0 Å². The Kier molecular flexibility index (Phi) is 3.39. The Bertz CT molecular complexity index is 720. The first-order chi connectivity index (χ1) is 9.74. The number of aromatic nitrogens is 1. The van der Waals surface area contributed by atoms with Crippen LogP contribution in [0.25, 0.3) is 10.4 Å². The molecule has 4 heteroatoms. The van der Waals surface area contributed by atoms with Gasteiger partial charge in [0.15, 0.2) is 0 Å². The summed E-state index contributed by atoms with van der Waals surface area (Å²) in [7, 11) is 0. The third kappa shape index (κ3) is 2.51. The van der Waals surface area contributed by atoms with Crippen LogP contribution in [-0.4, -0.2) is 4.98 Å². The summed E-state index contributed by atoms with van der Waals surface area (Å²) in [5, 5.41) is 0. The molecule has 0 saturated carbocycles. The summed E-state index contributed by atoms with van der Waals surface area (Å²) in [6.45, 7) is 0. The van der Waals surface area contributed by atoms with E-state index in [9.17, 15) is 0 Å². The Morgan fingerprint density at radius 3 is 2.55 bits per heavy atom. The molecule has 100 valence electrons. The van der Waals surface area contributed by atoms with E-state index >= 15 is 0 Å². The van der Waals surface area contributed by atoms with E-state index in [2.05, 4.69) is 41.4 Å². The first-order valence-corrected chi connectivity index (χ1v) is 7.18. The topological polar surface area (TPSA) is 64.9 Å². The van der Waals surface area contributed by atoms with E-state index in [4.69, 9.17) is 11.5 Å². The second kappa shape index (κ2) is 5.35. The van der Waals surface area contributed by atoms with E-state index in [1.54, 1.807) is 17.5 Å². The van der Waals surface area contributed by atoms with Crippen LogP contribution in [0.4, 0.5) is 11.5 Å². The van der Waals surface area contributed by atoms with Crippen molar-refractivity contribution in [2.24, 2.45) is 0 Å². The zero-order valence-corrected chi connectivity index (χ0v) is 11.7. The van der Waals surface area contributed by atoms with E-state index in [0.717, 1.165) is 16.9 Å². The lowest BCUT2D eigenvalue weighted by atomic mass is 10.1. The largest absolute Gasteiger partial charge is 0.395 e. The van der Waals surface area contributed by atoms with E-state index in [1.807, 2.05) is 12.1 Å². The van der Waals surface area contributed by atoms with Gasteiger partial charge >= 0.3 is 0 Å². The van der Waals surface area contributed by atoms with Gasteiger partial charge in [-0.25, -0.2) is 4.98 Å². The van der Waals surface area contributed by atoms with Crippen LogP contribution in [0.5, 0.6) is 0 Å². The summed E-state index contributed by atoms with van der Waals surface area (Å²) in [5.74, 6) is 0.389. The Morgan fingerprint density at radius 2 is 1.75 bits per heavy atom. The van der Waals surface area contributed by atoms with Gasteiger partial charge in [-0.3, -0.25) is 0 Å². The summed E-state index contributed by atoms with van der Waals surface area (Å²) in [6.07, 6.45) is 2.63. The molecule has 2 aromatic heterocycles. The highest BCUT2D eigenvalue weighted by Crippen LogP contribution is 2.34. The highest BCUT2D eigenvalue weighted by atomic mass is 32.1. The fraction of sp³-hybridized carbons (Fsp3) is 0.0625. The molecule has 2 heterocycles. The van der Waals surface area contributed by atoms with E-state index < -0.39 is 0 Å². The summed E-state index contributed by atoms with van der Waals surface area (Å²) in [6, 6.07) is 16.6. The predicted octanol–water partition coefficient (Wildman–Crippen LogP) is 3.57. The molecule has 0 radical (unpaired) electrons. The highest BCUT2D eigenvalue weighted by Gasteiger charge is 2.09. The SMILES string of the molecule is Nc1nccc(-c2ccc(Cc3ccccc3)s2)c1N. The van der Waals surface area contributed by atoms with Gasteiger partial charge in [0.25, 0.3) is 0 Å². The van der Waals surface area contributed by atoms with Crippen molar-refractivity contribution in [2.45, 2.75) is 6.42 Å². The van der Waals surface area contributed by atoms with Crippen molar-refractivity contribution in [2.75, 3.05) is 11.5 Å². The van der Waals surface area contributed by atoms with Crippen LogP contribution >= 0.6 is 11.3 Å². The Labute approximate surface area is 121 Å². The molecular weight excluding hydrogens is 266 g/mol. The van der Waals surface area contributed by atoms with E-state index in [-0.39, 0.29) is 0 Å². The molecule has 0 amide bonds. The lowest BCUT2D eigenvalue weighted by Crippen LogP contribution is -1.98. The van der Waals surface area contributed by atoms with Crippen LogP contribution in [0.15, 0.2) is 54.7 Å². The van der Waals surface area contributed by atoms with E-state index in [0.29, 0.717) is 11.5 Å². The van der Waals surface area contributed by atoms with Gasteiger partial charge < -0.3 is 11.5 Å². The molecule has 0 fully saturated rings. The average molecular weight is 281 g/mol. The first-order valence-electron chi connectivity index (χ1n) is 6.37. The normalized spacial score (nSPS) is 10.6. The third-order valence-electron chi connectivity index (χ3n) is 3.17. The molecule has 4 N–H and O–H groups in total. The van der Waals surface area contributed by atoms with Crippen molar-refractivity contribution >= 4 is 22.8 Å². The zero-order chi connectivity index (χ0) is 13.9. The van der Waals surface area contributed by atoms with Gasteiger partial charge in [0.2, 0.25) is 0 Å². The van der Waals surface area contributed by atoms with Crippen LogP contribution in [0, 0.1) is 0 Å². The number of benzene rings is 1.